The van der Waals surface area contributed by atoms with E-state index >= 15 is 0 Å². The van der Waals surface area contributed by atoms with E-state index < -0.39 is 9.05 Å². The van der Waals surface area contributed by atoms with Crippen molar-refractivity contribution in [3.8, 4) is 0 Å². The van der Waals surface area contributed by atoms with Gasteiger partial charge in [-0.1, -0.05) is 6.92 Å². The van der Waals surface area contributed by atoms with E-state index in [2.05, 4.69) is 4.98 Å². The molecule has 0 spiro atoms. The van der Waals surface area contributed by atoms with E-state index in [4.69, 9.17) is 10.7 Å². The van der Waals surface area contributed by atoms with E-state index in [0.29, 0.717) is 12.2 Å². The van der Waals surface area contributed by atoms with E-state index in [1.54, 1.807) is 11.6 Å². The normalized spacial score (nSPS) is 11.9. The average Bonchev–Trinajstić information content (AvgIpc) is 2.29. The van der Waals surface area contributed by atoms with Gasteiger partial charge in [-0.05, 0) is 0 Å². The lowest BCUT2D eigenvalue weighted by Crippen LogP contribution is -1.93. The Hall–Kier alpha value is -0.550. The van der Waals surface area contributed by atoms with Crippen LogP contribution in [0.5, 0.6) is 0 Å². The molecule has 0 aromatic carbocycles. The summed E-state index contributed by atoms with van der Waals surface area (Å²) in [6, 6.07) is 0. The highest BCUT2D eigenvalue weighted by molar-refractivity contribution is 8.13. The topological polar surface area (TPSA) is 52.0 Å². The van der Waals surface area contributed by atoms with Crippen LogP contribution in [-0.4, -0.2) is 18.0 Å². The molecule has 6 heteroatoms. The van der Waals surface area contributed by atoms with Crippen molar-refractivity contribution in [3.63, 3.8) is 0 Å². The maximum Gasteiger partial charge on any atom is 0.280 e. The van der Waals surface area contributed by atoms with Crippen LogP contribution in [0.15, 0.2) is 11.2 Å². The quantitative estimate of drug-likeness (QED) is 0.679. The second kappa shape index (κ2) is 3.06. The first-order chi connectivity index (χ1) is 5.45. The monoisotopic (exact) mass is 208 g/mol. The van der Waals surface area contributed by atoms with Crippen molar-refractivity contribution in [2.45, 2.75) is 18.4 Å². The van der Waals surface area contributed by atoms with E-state index in [-0.39, 0.29) is 5.03 Å². The smallest absolute Gasteiger partial charge is 0.280 e. The van der Waals surface area contributed by atoms with E-state index in [1.165, 1.54) is 6.20 Å². The lowest BCUT2D eigenvalue weighted by Gasteiger charge is -1.92. The van der Waals surface area contributed by atoms with Gasteiger partial charge in [0.2, 0.25) is 0 Å². The van der Waals surface area contributed by atoms with E-state index in [9.17, 15) is 8.42 Å². The molecule has 0 fully saturated rings. The Labute approximate surface area is 75.6 Å². The van der Waals surface area contributed by atoms with Gasteiger partial charge in [0.15, 0.2) is 5.03 Å². The van der Waals surface area contributed by atoms with Gasteiger partial charge >= 0.3 is 0 Å². The summed E-state index contributed by atoms with van der Waals surface area (Å²) in [6.45, 7) is 1.90. The molecule has 0 unspecified atom stereocenters. The van der Waals surface area contributed by atoms with Crippen LogP contribution in [0, 0.1) is 0 Å². The highest BCUT2D eigenvalue weighted by Crippen LogP contribution is 2.13. The van der Waals surface area contributed by atoms with Gasteiger partial charge in [0.1, 0.15) is 5.82 Å². The fraction of sp³-hybridized carbons (Fsp3) is 0.500. The molecule has 0 N–H and O–H groups in total. The summed E-state index contributed by atoms with van der Waals surface area (Å²) < 4.78 is 23.3. The third-order valence-corrected chi connectivity index (χ3v) is 2.69. The van der Waals surface area contributed by atoms with Crippen molar-refractivity contribution in [1.29, 1.82) is 0 Å². The number of hydrogen-bond donors (Lipinski definition) is 0. The molecule has 1 heterocycles. The molecule has 1 aromatic heterocycles. The molecular formula is C6H9ClN2O2S. The molecule has 1 rings (SSSR count). The largest absolute Gasteiger partial charge is 0.337 e. The fourth-order valence-corrected chi connectivity index (χ4v) is 1.64. The Bertz CT molecular complexity index is 382. The average molecular weight is 209 g/mol. The zero-order valence-electron chi connectivity index (χ0n) is 6.78. The van der Waals surface area contributed by atoms with Crippen molar-refractivity contribution >= 4 is 19.7 Å². The molecule has 0 radical (unpaired) electrons. The van der Waals surface area contributed by atoms with Crippen LogP contribution in [0.1, 0.15) is 12.7 Å². The lowest BCUT2D eigenvalue weighted by molar-refractivity contribution is 0.606. The van der Waals surface area contributed by atoms with Gasteiger partial charge in [0.05, 0.1) is 0 Å². The highest BCUT2D eigenvalue weighted by atomic mass is 35.7. The van der Waals surface area contributed by atoms with Gasteiger partial charge in [-0.15, -0.1) is 0 Å². The SMILES string of the molecule is CCc1nc(S(=O)(=O)Cl)cn1C. The summed E-state index contributed by atoms with van der Waals surface area (Å²) in [6.07, 6.45) is 2.09. The van der Waals surface area contributed by atoms with Crippen LogP contribution < -0.4 is 0 Å². The molecule has 0 saturated heterocycles. The summed E-state index contributed by atoms with van der Waals surface area (Å²) in [4.78, 5) is 3.84. The maximum atomic E-state index is 10.8. The maximum absolute atomic E-state index is 10.8. The number of hydrogen-bond acceptors (Lipinski definition) is 3. The van der Waals surface area contributed by atoms with Crippen LogP contribution in [0.3, 0.4) is 0 Å². The van der Waals surface area contributed by atoms with Crippen LogP contribution in [0.2, 0.25) is 0 Å². The van der Waals surface area contributed by atoms with Crippen molar-refractivity contribution in [2.24, 2.45) is 7.05 Å². The molecule has 1 aromatic rings. The first-order valence-electron chi connectivity index (χ1n) is 3.42. The van der Waals surface area contributed by atoms with E-state index in [1.807, 2.05) is 6.92 Å². The number of imidazole rings is 1. The molecule has 0 bridgehead atoms. The Morgan fingerprint density at radius 1 is 1.67 bits per heavy atom. The highest BCUT2D eigenvalue weighted by Gasteiger charge is 2.15. The first-order valence-corrected chi connectivity index (χ1v) is 5.73. The number of aryl methyl sites for hydroxylation is 2. The summed E-state index contributed by atoms with van der Waals surface area (Å²) in [5, 5.41) is -0.0801. The second-order valence-corrected chi connectivity index (χ2v) is 4.91. The Morgan fingerprint density at radius 2 is 2.25 bits per heavy atom. The molecule has 0 atom stereocenters. The third-order valence-electron chi connectivity index (χ3n) is 1.52. The van der Waals surface area contributed by atoms with Crippen LogP contribution in [-0.2, 0) is 22.5 Å². The second-order valence-electron chi connectivity index (χ2n) is 2.40. The van der Waals surface area contributed by atoms with Crippen molar-refractivity contribution < 1.29 is 8.42 Å². The summed E-state index contributed by atoms with van der Waals surface area (Å²) in [5.74, 6) is 0.703. The molecule has 0 saturated carbocycles. The van der Waals surface area contributed by atoms with Crippen LogP contribution in [0.4, 0.5) is 0 Å². The number of rotatable bonds is 2. The summed E-state index contributed by atoms with van der Waals surface area (Å²) >= 11 is 0. The van der Waals surface area contributed by atoms with Gasteiger partial charge in [0.25, 0.3) is 9.05 Å². The summed E-state index contributed by atoms with van der Waals surface area (Å²) in [7, 11) is 3.16. The molecule has 0 aliphatic carbocycles. The van der Waals surface area contributed by atoms with Gasteiger partial charge in [-0.25, -0.2) is 13.4 Å². The first kappa shape index (κ1) is 9.54. The third kappa shape index (κ3) is 1.78. The fourth-order valence-electron chi connectivity index (χ4n) is 0.921. The lowest BCUT2D eigenvalue weighted by atomic mass is 10.5. The Morgan fingerprint density at radius 3 is 2.50 bits per heavy atom. The van der Waals surface area contributed by atoms with Gasteiger partial charge in [-0.3, -0.25) is 0 Å². The zero-order valence-corrected chi connectivity index (χ0v) is 8.35. The van der Waals surface area contributed by atoms with Crippen molar-refractivity contribution in [1.82, 2.24) is 9.55 Å². The van der Waals surface area contributed by atoms with Gasteiger partial charge in [-0.2, -0.15) is 0 Å². The Balaban J connectivity index is 3.23. The minimum absolute atomic E-state index is 0.0801. The molecular weight excluding hydrogens is 200 g/mol. The van der Waals surface area contributed by atoms with Crippen LogP contribution >= 0.6 is 10.7 Å². The number of halogens is 1. The standard InChI is InChI=1S/C6H9ClN2O2S/c1-3-5-8-6(4-9(5)2)12(7,10)11/h4H,3H2,1-2H3. The van der Waals surface area contributed by atoms with Crippen molar-refractivity contribution in [2.75, 3.05) is 0 Å². The number of nitrogens with zero attached hydrogens (tertiary/aromatic N) is 2. The number of aromatic nitrogens is 2. The van der Waals surface area contributed by atoms with Crippen LogP contribution in [0.25, 0.3) is 0 Å². The molecule has 12 heavy (non-hydrogen) atoms. The predicted molar refractivity (Wildman–Crippen MR) is 45.6 cm³/mol. The molecule has 4 nitrogen and oxygen atoms in total. The predicted octanol–water partition coefficient (Wildman–Crippen LogP) is 0.910. The molecule has 0 aliphatic heterocycles. The Kier molecular flexibility index (Phi) is 2.44. The summed E-state index contributed by atoms with van der Waals surface area (Å²) in [5.41, 5.74) is 0. The zero-order chi connectivity index (χ0) is 9.35. The van der Waals surface area contributed by atoms with E-state index in [0.717, 1.165) is 0 Å². The van der Waals surface area contributed by atoms with Gasteiger partial charge < -0.3 is 4.57 Å². The van der Waals surface area contributed by atoms with Crippen molar-refractivity contribution in [3.05, 3.63) is 12.0 Å². The van der Waals surface area contributed by atoms with Gasteiger partial charge in [0, 0.05) is 30.3 Å². The minimum Gasteiger partial charge on any atom is -0.337 e. The minimum atomic E-state index is -3.67. The molecule has 0 amide bonds. The molecule has 68 valence electrons. The molecule has 0 aliphatic rings.